The number of ether oxygens (including phenoxy) is 1. The number of benzene rings is 2. The lowest BCUT2D eigenvalue weighted by atomic mass is 10.1. The molecule has 2 aromatic rings. The van der Waals surface area contributed by atoms with Crippen molar-refractivity contribution in [2.75, 3.05) is 6.54 Å². The second-order valence-corrected chi connectivity index (χ2v) is 4.93. The largest absolute Gasteiger partial charge is 0.480 e. The molecule has 3 rings (SSSR count). The second kappa shape index (κ2) is 5.79. The van der Waals surface area contributed by atoms with Crippen molar-refractivity contribution in [2.45, 2.75) is 12.5 Å². The highest BCUT2D eigenvalue weighted by atomic mass is 16.5. The molecular formula is C17H15NO3. The number of rotatable bonds is 4. The van der Waals surface area contributed by atoms with Crippen LogP contribution in [0.5, 0.6) is 5.75 Å². The van der Waals surface area contributed by atoms with Crippen LogP contribution < -0.4 is 10.1 Å². The lowest BCUT2D eigenvalue weighted by Gasteiger charge is -2.10. The van der Waals surface area contributed by atoms with Gasteiger partial charge in [0.2, 0.25) is 0 Å². The fourth-order valence-electron chi connectivity index (χ4n) is 2.34. The molecule has 0 bridgehead atoms. The number of hydrogen-bond acceptors (Lipinski definition) is 3. The lowest BCUT2D eigenvalue weighted by Crippen LogP contribution is -2.40. The van der Waals surface area contributed by atoms with E-state index in [4.69, 9.17) is 4.74 Å². The predicted octanol–water partition coefficient (Wildman–Crippen LogP) is 1.99. The van der Waals surface area contributed by atoms with Crippen LogP contribution in [0.15, 0.2) is 54.6 Å². The monoisotopic (exact) mass is 281 g/mol. The first-order chi connectivity index (χ1) is 10.2. The highest BCUT2D eigenvalue weighted by molar-refractivity contribution is 5.99. The fourth-order valence-corrected chi connectivity index (χ4v) is 2.34. The van der Waals surface area contributed by atoms with Gasteiger partial charge in [-0.1, -0.05) is 48.5 Å². The summed E-state index contributed by atoms with van der Waals surface area (Å²) in [5, 5.41) is 2.64. The quantitative estimate of drug-likeness (QED) is 0.872. The number of ketones is 1. The molecule has 1 atom stereocenters. The number of hydrogen-bond donors (Lipinski definition) is 1. The average molecular weight is 281 g/mol. The Labute approximate surface area is 122 Å². The van der Waals surface area contributed by atoms with E-state index >= 15 is 0 Å². The standard InChI is InChI=1S/C17H15NO3/c19-14(12-6-2-1-3-7-12)11-18-17(20)16-10-13-8-4-5-9-15(13)21-16/h1-9,16H,10-11H2,(H,18,20). The number of carbonyl (C=O) groups excluding carboxylic acids is 2. The Morgan fingerprint density at radius 3 is 2.52 bits per heavy atom. The molecule has 1 N–H and O–H groups in total. The predicted molar refractivity (Wildman–Crippen MR) is 78.3 cm³/mol. The van der Waals surface area contributed by atoms with Gasteiger partial charge in [-0.25, -0.2) is 0 Å². The van der Waals surface area contributed by atoms with Crippen molar-refractivity contribution in [3.8, 4) is 5.75 Å². The Morgan fingerprint density at radius 1 is 1.05 bits per heavy atom. The van der Waals surface area contributed by atoms with Crippen LogP contribution in [0.1, 0.15) is 15.9 Å². The third kappa shape index (κ3) is 2.94. The SMILES string of the molecule is O=C(CNC(=O)C1Cc2ccccc2O1)c1ccccc1. The van der Waals surface area contributed by atoms with Crippen molar-refractivity contribution >= 4 is 11.7 Å². The summed E-state index contributed by atoms with van der Waals surface area (Å²) < 4.78 is 5.58. The summed E-state index contributed by atoms with van der Waals surface area (Å²) in [5.41, 5.74) is 1.61. The molecular weight excluding hydrogens is 266 g/mol. The molecule has 1 unspecified atom stereocenters. The molecule has 106 valence electrons. The van der Waals surface area contributed by atoms with Crippen molar-refractivity contribution in [3.63, 3.8) is 0 Å². The maximum Gasteiger partial charge on any atom is 0.261 e. The maximum atomic E-state index is 12.1. The van der Waals surface area contributed by atoms with Gasteiger partial charge in [-0.2, -0.15) is 0 Å². The van der Waals surface area contributed by atoms with Gasteiger partial charge in [0.15, 0.2) is 11.9 Å². The van der Waals surface area contributed by atoms with E-state index in [0.717, 1.165) is 11.3 Å². The first-order valence-corrected chi connectivity index (χ1v) is 6.84. The first-order valence-electron chi connectivity index (χ1n) is 6.84. The van der Waals surface area contributed by atoms with Crippen LogP contribution in [-0.2, 0) is 11.2 Å². The van der Waals surface area contributed by atoms with Crippen molar-refractivity contribution < 1.29 is 14.3 Å². The van der Waals surface area contributed by atoms with Crippen LogP contribution in [0.4, 0.5) is 0 Å². The highest BCUT2D eigenvalue weighted by Gasteiger charge is 2.28. The Kier molecular flexibility index (Phi) is 3.69. The van der Waals surface area contributed by atoms with Gasteiger partial charge in [0, 0.05) is 12.0 Å². The zero-order valence-electron chi connectivity index (χ0n) is 11.4. The van der Waals surface area contributed by atoms with E-state index in [-0.39, 0.29) is 18.2 Å². The van der Waals surface area contributed by atoms with Crippen LogP contribution in [0, 0.1) is 0 Å². The smallest absolute Gasteiger partial charge is 0.261 e. The van der Waals surface area contributed by atoms with E-state index in [1.807, 2.05) is 30.3 Å². The van der Waals surface area contributed by atoms with Crippen LogP contribution in [-0.4, -0.2) is 24.3 Å². The van der Waals surface area contributed by atoms with Gasteiger partial charge in [0.1, 0.15) is 5.75 Å². The minimum absolute atomic E-state index is 0.0148. The van der Waals surface area contributed by atoms with E-state index in [0.29, 0.717) is 12.0 Å². The van der Waals surface area contributed by atoms with Gasteiger partial charge >= 0.3 is 0 Å². The van der Waals surface area contributed by atoms with Gasteiger partial charge in [0.05, 0.1) is 6.54 Å². The number of carbonyl (C=O) groups is 2. The number of amides is 1. The summed E-state index contributed by atoms with van der Waals surface area (Å²) >= 11 is 0. The minimum Gasteiger partial charge on any atom is -0.480 e. The number of nitrogens with one attached hydrogen (secondary N) is 1. The molecule has 0 aliphatic carbocycles. The fraction of sp³-hybridized carbons (Fsp3) is 0.176. The summed E-state index contributed by atoms with van der Waals surface area (Å²) in [7, 11) is 0. The van der Waals surface area contributed by atoms with Crippen LogP contribution in [0.3, 0.4) is 0 Å². The van der Waals surface area contributed by atoms with E-state index < -0.39 is 6.10 Å². The molecule has 0 fully saturated rings. The Balaban J connectivity index is 1.55. The molecule has 4 nitrogen and oxygen atoms in total. The normalized spacial score (nSPS) is 15.9. The highest BCUT2D eigenvalue weighted by Crippen LogP contribution is 2.28. The molecule has 1 aliphatic heterocycles. The number of para-hydroxylation sites is 1. The number of Topliss-reactive ketones (excluding diaryl/α,β-unsaturated/α-hetero) is 1. The van der Waals surface area contributed by atoms with E-state index in [1.54, 1.807) is 24.3 Å². The van der Waals surface area contributed by atoms with Gasteiger partial charge in [-0.15, -0.1) is 0 Å². The van der Waals surface area contributed by atoms with E-state index in [9.17, 15) is 9.59 Å². The van der Waals surface area contributed by atoms with Gasteiger partial charge in [-0.3, -0.25) is 9.59 Å². The molecule has 0 spiro atoms. The van der Waals surface area contributed by atoms with Crippen LogP contribution in [0.25, 0.3) is 0 Å². The summed E-state index contributed by atoms with van der Waals surface area (Å²) in [4.78, 5) is 24.0. The minimum atomic E-state index is -0.550. The van der Waals surface area contributed by atoms with Crippen LogP contribution >= 0.6 is 0 Å². The Morgan fingerprint density at radius 2 is 1.76 bits per heavy atom. The molecule has 21 heavy (non-hydrogen) atoms. The lowest BCUT2D eigenvalue weighted by molar-refractivity contribution is -0.127. The Hall–Kier alpha value is -2.62. The summed E-state index contributed by atoms with van der Waals surface area (Å²) in [6.07, 6.45) is -0.00684. The first kappa shape index (κ1) is 13.4. The van der Waals surface area contributed by atoms with E-state index in [2.05, 4.69) is 5.32 Å². The summed E-state index contributed by atoms with van der Waals surface area (Å²) in [6.45, 7) is -0.0148. The van der Waals surface area contributed by atoms with Crippen molar-refractivity contribution in [2.24, 2.45) is 0 Å². The Bertz CT molecular complexity index is 642. The molecule has 0 saturated carbocycles. The molecule has 0 aromatic heterocycles. The molecule has 1 amide bonds. The van der Waals surface area contributed by atoms with Crippen molar-refractivity contribution in [3.05, 3.63) is 65.7 Å². The molecule has 0 radical (unpaired) electrons. The zero-order valence-corrected chi connectivity index (χ0v) is 11.4. The average Bonchev–Trinajstić information content (AvgIpc) is 2.97. The number of fused-ring (bicyclic) bond motifs is 1. The molecule has 4 heteroatoms. The van der Waals surface area contributed by atoms with Crippen molar-refractivity contribution in [1.29, 1.82) is 0 Å². The topological polar surface area (TPSA) is 55.4 Å². The van der Waals surface area contributed by atoms with E-state index in [1.165, 1.54) is 0 Å². The van der Waals surface area contributed by atoms with Gasteiger partial charge < -0.3 is 10.1 Å². The molecule has 1 heterocycles. The maximum absolute atomic E-state index is 12.1. The van der Waals surface area contributed by atoms with Gasteiger partial charge in [0.25, 0.3) is 5.91 Å². The third-order valence-corrected chi connectivity index (χ3v) is 3.46. The third-order valence-electron chi connectivity index (χ3n) is 3.46. The zero-order chi connectivity index (χ0) is 14.7. The summed E-state index contributed by atoms with van der Waals surface area (Å²) in [5.74, 6) is 0.377. The second-order valence-electron chi connectivity index (χ2n) is 4.93. The molecule has 2 aromatic carbocycles. The molecule has 1 aliphatic rings. The van der Waals surface area contributed by atoms with Gasteiger partial charge in [-0.05, 0) is 11.6 Å². The summed E-state index contributed by atoms with van der Waals surface area (Å²) in [6, 6.07) is 16.5. The van der Waals surface area contributed by atoms with Crippen LogP contribution in [0.2, 0.25) is 0 Å². The van der Waals surface area contributed by atoms with Crippen molar-refractivity contribution in [1.82, 2.24) is 5.32 Å². The molecule has 0 saturated heterocycles.